The van der Waals surface area contributed by atoms with Crippen LogP contribution < -0.4 is 0 Å². The zero-order valence-corrected chi connectivity index (χ0v) is 8.26. The van der Waals surface area contributed by atoms with Crippen molar-refractivity contribution in [3.63, 3.8) is 0 Å². The van der Waals surface area contributed by atoms with E-state index in [9.17, 15) is 0 Å². The second-order valence-corrected chi connectivity index (χ2v) is 3.50. The molecule has 0 amide bonds. The smallest absolute Gasteiger partial charge is 0.0613 e. The summed E-state index contributed by atoms with van der Waals surface area (Å²) in [5.41, 5.74) is 1.01. The molecule has 0 fully saturated rings. The second-order valence-electron chi connectivity index (χ2n) is 2.69. The lowest BCUT2D eigenvalue weighted by atomic mass is 10.3. The molecule has 0 N–H and O–H groups in total. The van der Waals surface area contributed by atoms with Crippen molar-refractivity contribution in [3.8, 4) is 5.69 Å². The molecule has 2 rings (SSSR count). The standard InChI is InChI=1S/C10H7Cl2N/c11-9-4-3-8(7-10(9)12)13-5-1-2-6-13/h1-7H. The molecular weight excluding hydrogens is 205 g/mol. The third kappa shape index (κ3) is 1.71. The fourth-order valence-corrected chi connectivity index (χ4v) is 1.44. The van der Waals surface area contributed by atoms with Crippen LogP contribution in [0, 0.1) is 0 Å². The van der Waals surface area contributed by atoms with Gasteiger partial charge in [0.1, 0.15) is 0 Å². The molecule has 0 saturated carbocycles. The van der Waals surface area contributed by atoms with Crippen molar-refractivity contribution in [3.05, 3.63) is 52.8 Å². The molecule has 1 heterocycles. The van der Waals surface area contributed by atoms with Crippen LogP contribution in [0.2, 0.25) is 10.0 Å². The average molecular weight is 212 g/mol. The molecule has 0 radical (unpaired) electrons. The van der Waals surface area contributed by atoms with Crippen LogP contribution in [-0.4, -0.2) is 4.57 Å². The lowest BCUT2D eigenvalue weighted by Gasteiger charge is -2.03. The summed E-state index contributed by atoms with van der Waals surface area (Å²) in [4.78, 5) is 0. The third-order valence-electron chi connectivity index (χ3n) is 1.81. The molecule has 0 atom stereocenters. The zero-order valence-electron chi connectivity index (χ0n) is 6.74. The van der Waals surface area contributed by atoms with Gasteiger partial charge in [0.05, 0.1) is 10.0 Å². The van der Waals surface area contributed by atoms with Crippen LogP contribution in [0.1, 0.15) is 0 Å². The predicted molar refractivity (Wildman–Crippen MR) is 55.8 cm³/mol. The van der Waals surface area contributed by atoms with Crippen LogP contribution in [0.4, 0.5) is 0 Å². The Kier molecular flexibility index (Phi) is 2.30. The van der Waals surface area contributed by atoms with E-state index >= 15 is 0 Å². The molecule has 0 bridgehead atoms. The van der Waals surface area contributed by atoms with E-state index in [0.29, 0.717) is 10.0 Å². The van der Waals surface area contributed by atoms with Crippen molar-refractivity contribution in [1.29, 1.82) is 0 Å². The summed E-state index contributed by atoms with van der Waals surface area (Å²) in [6.45, 7) is 0. The van der Waals surface area contributed by atoms with E-state index in [2.05, 4.69) is 0 Å². The molecular formula is C10H7Cl2N. The van der Waals surface area contributed by atoms with Crippen molar-refractivity contribution in [2.24, 2.45) is 0 Å². The number of rotatable bonds is 1. The van der Waals surface area contributed by atoms with Gasteiger partial charge in [0.2, 0.25) is 0 Å². The molecule has 13 heavy (non-hydrogen) atoms. The number of hydrogen-bond donors (Lipinski definition) is 0. The van der Waals surface area contributed by atoms with Crippen LogP contribution in [0.15, 0.2) is 42.7 Å². The van der Waals surface area contributed by atoms with Crippen LogP contribution >= 0.6 is 23.2 Å². The van der Waals surface area contributed by atoms with Crippen molar-refractivity contribution < 1.29 is 0 Å². The SMILES string of the molecule is Clc1ccc(-n2cccc2)cc1Cl. The van der Waals surface area contributed by atoms with Crippen molar-refractivity contribution in [2.45, 2.75) is 0 Å². The third-order valence-corrected chi connectivity index (χ3v) is 2.54. The van der Waals surface area contributed by atoms with Gasteiger partial charge in [0.15, 0.2) is 0 Å². The second kappa shape index (κ2) is 3.44. The lowest BCUT2D eigenvalue weighted by molar-refractivity contribution is 1.08. The van der Waals surface area contributed by atoms with Crippen LogP contribution in [0.25, 0.3) is 5.69 Å². The van der Waals surface area contributed by atoms with Crippen LogP contribution in [-0.2, 0) is 0 Å². The number of aromatic nitrogens is 1. The highest BCUT2D eigenvalue weighted by Crippen LogP contribution is 2.24. The summed E-state index contributed by atoms with van der Waals surface area (Å²) in [5, 5.41) is 1.16. The van der Waals surface area contributed by atoms with Gasteiger partial charge in [-0.1, -0.05) is 23.2 Å². The van der Waals surface area contributed by atoms with Gasteiger partial charge in [0.25, 0.3) is 0 Å². The van der Waals surface area contributed by atoms with E-state index in [1.165, 1.54) is 0 Å². The maximum absolute atomic E-state index is 5.89. The summed E-state index contributed by atoms with van der Waals surface area (Å²) < 4.78 is 1.97. The molecule has 3 heteroatoms. The molecule has 0 unspecified atom stereocenters. The highest BCUT2D eigenvalue weighted by Gasteiger charge is 1.99. The fourth-order valence-electron chi connectivity index (χ4n) is 1.15. The first kappa shape index (κ1) is 8.67. The molecule has 0 spiro atoms. The molecule has 0 aliphatic heterocycles. The summed E-state index contributed by atoms with van der Waals surface area (Å²) in [7, 11) is 0. The quantitative estimate of drug-likeness (QED) is 0.677. The first-order chi connectivity index (χ1) is 6.27. The van der Waals surface area contributed by atoms with Gasteiger partial charge < -0.3 is 4.57 Å². The Bertz CT molecular complexity index is 407. The van der Waals surface area contributed by atoms with Gasteiger partial charge >= 0.3 is 0 Å². The highest BCUT2D eigenvalue weighted by atomic mass is 35.5. The molecule has 1 aromatic carbocycles. The molecule has 1 nitrogen and oxygen atoms in total. The predicted octanol–water partition coefficient (Wildman–Crippen LogP) is 3.78. The number of benzene rings is 1. The van der Waals surface area contributed by atoms with Gasteiger partial charge in [0, 0.05) is 18.1 Å². The first-order valence-electron chi connectivity index (χ1n) is 3.86. The first-order valence-corrected chi connectivity index (χ1v) is 4.61. The molecule has 0 saturated heterocycles. The lowest BCUT2D eigenvalue weighted by Crippen LogP contribution is -1.88. The molecule has 0 aliphatic carbocycles. The van der Waals surface area contributed by atoms with E-state index in [4.69, 9.17) is 23.2 Å². The Labute approximate surface area is 86.5 Å². The van der Waals surface area contributed by atoms with Crippen molar-refractivity contribution in [1.82, 2.24) is 4.57 Å². The summed E-state index contributed by atoms with van der Waals surface area (Å²) in [6, 6.07) is 9.47. The Balaban J connectivity index is 2.49. The van der Waals surface area contributed by atoms with Crippen LogP contribution in [0.5, 0.6) is 0 Å². The Morgan fingerprint density at radius 1 is 0.923 bits per heavy atom. The molecule has 66 valence electrons. The Morgan fingerprint density at radius 3 is 2.23 bits per heavy atom. The van der Waals surface area contributed by atoms with E-state index in [0.717, 1.165) is 5.69 Å². The summed E-state index contributed by atoms with van der Waals surface area (Å²) >= 11 is 11.7. The Morgan fingerprint density at radius 2 is 1.62 bits per heavy atom. The van der Waals surface area contributed by atoms with Gasteiger partial charge in [-0.2, -0.15) is 0 Å². The maximum Gasteiger partial charge on any atom is 0.0613 e. The topological polar surface area (TPSA) is 4.93 Å². The number of halogens is 2. The van der Waals surface area contributed by atoms with E-state index in [1.807, 2.05) is 41.2 Å². The average Bonchev–Trinajstić information content (AvgIpc) is 2.62. The monoisotopic (exact) mass is 211 g/mol. The minimum absolute atomic E-state index is 0.577. The van der Waals surface area contributed by atoms with Gasteiger partial charge in [-0.15, -0.1) is 0 Å². The maximum atomic E-state index is 5.89. The number of nitrogens with zero attached hydrogens (tertiary/aromatic N) is 1. The molecule has 2 aromatic rings. The van der Waals surface area contributed by atoms with E-state index < -0.39 is 0 Å². The zero-order chi connectivity index (χ0) is 9.26. The van der Waals surface area contributed by atoms with Crippen molar-refractivity contribution >= 4 is 23.2 Å². The molecule has 1 aromatic heterocycles. The minimum Gasteiger partial charge on any atom is -0.324 e. The normalized spacial score (nSPS) is 10.3. The van der Waals surface area contributed by atoms with E-state index in [-0.39, 0.29) is 0 Å². The van der Waals surface area contributed by atoms with Crippen molar-refractivity contribution in [2.75, 3.05) is 0 Å². The van der Waals surface area contributed by atoms with Crippen LogP contribution in [0.3, 0.4) is 0 Å². The van der Waals surface area contributed by atoms with Gasteiger partial charge in [-0.3, -0.25) is 0 Å². The molecule has 0 aliphatic rings. The highest BCUT2D eigenvalue weighted by molar-refractivity contribution is 6.42. The fraction of sp³-hybridized carbons (Fsp3) is 0. The summed E-state index contributed by atoms with van der Waals surface area (Å²) in [6.07, 6.45) is 3.92. The van der Waals surface area contributed by atoms with E-state index in [1.54, 1.807) is 6.07 Å². The summed E-state index contributed by atoms with van der Waals surface area (Å²) in [5.74, 6) is 0. The minimum atomic E-state index is 0.577. The Hall–Kier alpha value is -0.920. The largest absolute Gasteiger partial charge is 0.324 e. The number of hydrogen-bond acceptors (Lipinski definition) is 0. The van der Waals surface area contributed by atoms with Gasteiger partial charge in [-0.05, 0) is 30.3 Å². The van der Waals surface area contributed by atoms with Gasteiger partial charge in [-0.25, -0.2) is 0 Å².